The predicted octanol–water partition coefficient (Wildman–Crippen LogP) is 4.74. The Morgan fingerprint density at radius 2 is 2.17 bits per heavy atom. The van der Waals surface area contributed by atoms with Crippen molar-refractivity contribution >= 4 is 23.1 Å². The largest absolute Gasteiger partial charge is 0.477 e. The lowest BCUT2D eigenvalue weighted by molar-refractivity contribution is 0.293. The summed E-state index contributed by atoms with van der Waals surface area (Å²) in [6, 6.07) is 6.03. The van der Waals surface area contributed by atoms with Gasteiger partial charge in [0.1, 0.15) is 12.1 Å². The number of fused-ring (bicyclic) bond motifs is 2. The molecule has 0 saturated carbocycles. The first kappa shape index (κ1) is 16.1. The van der Waals surface area contributed by atoms with E-state index in [1.807, 2.05) is 13.1 Å². The number of halogens is 1. The van der Waals surface area contributed by atoms with Crippen LogP contribution in [0.25, 0.3) is 0 Å². The van der Waals surface area contributed by atoms with Crippen LogP contribution in [-0.4, -0.2) is 23.6 Å². The van der Waals surface area contributed by atoms with Crippen molar-refractivity contribution in [3.63, 3.8) is 0 Å². The van der Waals surface area contributed by atoms with Crippen molar-refractivity contribution in [2.24, 2.45) is 0 Å². The minimum atomic E-state index is 0.326. The summed E-state index contributed by atoms with van der Waals surface area (Å²) in [7, 11) is 2.03. The second-order valence-corrected chi connectivity index (χ2v) is 6.49. The van der Waals surface area contributed by atoms with E-state index in [-0.39, 0.29) is 0 Å². The van der Waals surface area contributed by atoms with Gasteiger partial charge in [-0.3, -0.25) is 0 Å². The van der Waals surface area contributed by atoms with Gasteiger partial charge < -0.3 is 9.64 Å². The van der Waals surface area contributed by atoms with Crippen LogP contribution in [-0.2, 0) is 6.42 Å². The maximum Gasteiger partial charge on any atom is 0.221 e. The zero-order chi connectivity index (χ0) is 16.4. The summed E-state index contributed by atoms with van der Waals surface area (Å²) in [5.41, 5.74) is 3.45. The fraction of sp³-hybridized carbons (Fsp3) is 0.444. The molecule has 23 heavy (non-hydrogen) atoms. The molecule has 0 spiro atoms. The second-order valence-electron chi connectivity index (χ2n) is 6.05. The maximum atomic E-state index is 6.20. The Bertz CT molecular complexity index is 705. The highest BCUT2D eigenvalue weighted by Crippen LogP contribution is 2.42. The summed E-state index contributed by atoms with van der Waals surface area (Å²) >= 11 is 6.20. The molecule has 0 fully saturated rings. The molecule has 1 aliphatic rings. The lowest BCUT2D eigenvalue weighted by atomic mass is 9.94. The van der Waals surface area contributed by atoms with E-state index in [4.69, 9.17) is 16.3 Å². The number of benzene rings is 1. The first-order chi connectivity index (χ1) is 11.1. The number of nitrogens with zero attached hydrogens (tertiary/aromatic N) is 3. The van der Waals surface area contributed by atoms with Crippen LogP contribution >= 0.6 is 11.6 Å². The van der Waals surface area contributed by atoms with Crippen molar-refractivity contribution in [3.8, 4) is 5.88 Å². The van der Waals surface area contributed by atoms with Crippen molar-refractivity contribution < 1.29 is 4.74 Å². The Morgan fingerprint density at radius 1 is 1.35 bits per heavy atom. The summed E-state index contributed by atoms with van der Waals surface area (Å²) in [5.74, 6) is 1.95. The van der Waals surface area contributed by atoms with E-state index in [9.17, 15) is 0 Å². The Balaban J connectivity index is 2.03. The summed E-state index contributed by atoms with van der Waals surface area (Å²) in [6.07, 6.45) is 4.56. The number of aromatic nitrogens is 2. The average Bonchev–Trinajstić information content (AvgIpc) is 2.65. The number of rotatable bonds is 4. The summed E-state index contributed by atoms with van der Waals surface area (Å²) in [5, 5.41) is 0.764. The van der Waals surface area contributed by atoms with Crippen LogP contribution in [0.15, 0.2) is 24.5 Å². The van der Waals surface area contributed by atoms with Crippen molar-refractivity contribution in [2.45, 2.75) is 39.0 Å². The maximum absolute atomic E-state index is 6.20. The van der Waals surface area contributed by atoms with E-state index < -0.39 is 0 Å². The van der Waals surface area contributed by atoms with E-state index in [0.29, 0.717) is 18.4 Å². The lowest BCUT2D eigenvalue weighted by Crippen LogP contribution is -2.14. The highest BCUT2D eigenvalue weighted by molar-refractivity contribution is 6.30. The van der Waals surface area contributed by atoms with Gasteiger partial charge in [-0.1, -0.05) is 31.9 Å². The van der Waals surface area contributed by atoms with Gasteiger partial charge in [-0.05, 0) is 42.5 Å². The molecule has 0 amide bonds. The number of hydrogen-bond acceptors (Lipinski definition) is 4. The van der Waals surface area contributed by atoms with Gasteiger partial charge >= 0.3 is 0 Å². The zero-order valence-electron chi connectivity index (χ0n) is 13.8. The molecular weight excluding hydrogens is 310 g/mol. The number of unbranched alkanes of at least 4 members (excludes halogenated alkanes) is 1. The van der Waals surface area contributed by atoms with Gasteiger partial charge in [-0.25, -0.2) is 9.97 Å². The van der Waals surface area contributed by atoms with Crippen molar-refractivity contribution in [3.05, 3.63) is 40.7 Å². The van der Waals surface area contributed by atoms with Crippen LogP contribution in [0, 0.1) is 0 Å². The molecule has 4 nitrogen and oxygen atoms in total. The van der Waals surface area contributed by atoms with Crippen molar-refractivity contribution in [1.29, 1.82) is 0 Å². The van der Waals surface area contributed by atoms with Crippen LogP contribution in [0.5, 0.6) is 5.88 Å². The third-order valence-corrected chi connectivity index (χ3v) is 4.56. The molecule has 1 unspecified atom stereocenters. The fourth-order valence-corrected chi connectivity index (χ4v) is 3.23. The molecule has 3 rings (SSSR count). The predicted molar refractivity (Wildman–Crippen MR) is 94.1 cm³/mol. The molecule has 1 aromatic carbocycles. The summed E-state index contributed by atoms with van der Waals surface area (Å²) in [4.78, 5) is 11.0. The normalized spacial score (nSPS) is 16.5. The molecule has 0 N–H and O–H groups in total. The molecule has 0 radical (unpaired) electrons. The fourth-order valence-electron chi connectivity index (χ4n) is 3.05. The van der Waals surface area contributed by atoms with Crippen molar-refractivity contribution in [1.82, 2.24) is 9.97 Å². The molecule has 2 aromatic rings. The van der Waals surface area contributed by atoms with Gasteiger partial charge in [0.05, 0.1) is 12.2 Å². The standard InChI is InChI=1S/C18H22ClN3O/c1-4-5-8-23-18-15-9-12(2)14-10-13(19)6-7-16(14)22(3)17(15)20-11-21-18/h6-7,10-12H,4-5,8-9H2,1-3H3. The van der Waals surface area contributed by atoms with E-state index in [0.717, 1.165) is 41.4 Å². The van der Waals surface area contributed by atoms with E-state index >= 15 is 0 Å². The number of anilines is 2. The minimum Gasteiger partial charge on any atom is -0.477 e. The third kappa shape index (κ3) is 3.13. The van der Waals surface area contributed by atoms with E-state index in [2.05, 4.69) is 40.8 Å². The quantitative estimate of drug-likeness (QED) is 0.759. The van der Waals surface area contributed by atoms with Crippen molar-refractivity contribution in [2.75, 3.05) is 18.6 Å². The summed E-state index contributed by atoms with van der Waals surface area (Å²) in [6.45, 7) is 5.05. The van der Waals surface area contributed by atoms with Gasteiger partial charge in [-0.15, -0.1) is 0 Å². The van der Waals surface area contributed by atoms with Crippen LogP contribution in [0.1, 0.15) is 43.7 Å². The molecule has 5 heteroatoms. The monoisotopic (exact) mass is 331 g/mol. The van der Waals surface area contributed by atoms with Crippen LogP contribution in [0.2, 0.25) is 5.02 Å². The molecule has 1 atom stereocenters. The van der Waals surface area contributed by atoms with E-state index in [1.54, 1.807) is 6.33 Å². The molecule has 2 heterocycles. The molecule has 0 bridgehead atoms. The molecule has 0 aliphatic carbocycles. The highest BCUT2D eigenvalue weighted by Gasteiger charge is 2.26. The Labute approximate surface area is 142 Å². The molecule has 1 aromatic heterocycles. The lowest BCUT2D eigenvalue weighted by Gasteiger charge is -2.21. The highest BCUT2D eigenvalue weighted by atomic mass is 35.5. The molecule has 122 valence electrons. The first-order valence-electron chi connectivity index (χ1n) is 8.11. The topological polar surface area (TPSA) is 38.3 Å². The third-order valence-electron chi connectivity index (χ3n) is 4.33. The van der Waals surface area contributed by atoms with Gasteiger partial charge in [-0.2, -0.15) is 0 Å². The van der Waals surface area contributed by atoms with Crippen LogP contribution in [0.3, 0.4) is 0 Å². The smallest absolute Gasteiger partial charge is 0.221 e. The zero-order valence-corrected chi connectivity index (χ0v) is 14.6. The van der Waals surface area contributed by atoms with Crippen LogP contribution < -0.4 is 9.64 Å². The average molecular weight is 332 g/mol. The molecule has 1 aliphatic heterocycles. The van der Waals surface area contributed by atoms with Gasteiger partial charge in [0.15, 0.2) is 0 Å². The van der Waals surface area contributed by atoms with Gasteiger partial charge in [0.2, 0.25) is 5.88 Å². The second kappa shape index (κ2) is 6.75. The van der Waals surface area contributed by atoms with Gasteiger partial charge in [0, 0.05) is 17.8 Å². The Hall–Kier alpha value is -1.81. The Morgan fingerprint density at radius 3 is 2.96 bits per heavy atom. The number of ether oxygens (including phenoxy) is 1. The van der Waals surface area contributed by atoms with Crippen LogP contribution in [0.4, 0.5) is 11.5 Å². The molecular formula is C18H22ClN3O. The SMILES string of the molecule is CCCCOc1ncnc2c1CC(C)c1cc(Cl)ccc1N2C. The van der Waals surface area contributed by atoms with E-state index in [1.165, 1.54) is 5.56 Å². The minimum absolute atomic E-state index is 0.326. The molecule has 0 saturated heterocycles. The van der Waals surface area contributed by atoms with Gasteiger partial charge in [0.25, 0.3) is 0 Å². The summed E-state index contributed by atoms with van der Waals surface area (Å²) < 4.78 is 5.92. The Kier molecular flexibility index (Phi) is 4.71. The first-order valence-corrected chi connectivity index (χ1v) is 8.49. The number of hydrogen-bond donors (Lipinski definition) is 0.